The summed E-state index contributed by atoms with van der Waals surface area (Å²) in [5.74, 6) is -0.000193. The molecule has 0 fully saturated rings. The van der Waals surface area contributed by atoms with Gasteiger partial charge in [0.05, 0.1) is 12.5 Å². The molecule has 0 saturated heterocycles. The molecule has 1 aromatic heterocycles. The molecule has 6 heteroatoms. The van der Waals surface area contributed by atoms with E-state index in [0.717, 1.165) is 22.0 Å². The Hall–Kier alpha value is -2.89. The van der Waals surface area contributed by atoms with Crippen molar-refractivity contribution in [1.29, 1.82) is 0 Å². The van der Waals surface area contributed by atoms with Crippen molar-refractivity contribution < 1.29 is 18.3 Å². The molecule has 1 amide bonds. The number of nitrogens with zero attached hydrogens (tertiary/aromatic N) is 1. The Balaban J connectivity index is 1.65. The largest absolute Gasteiger partial charge is 0.435 e. The summed E-state index contributed by atoms with van der Waals surface area (Å²) in [6, 6.07) is 14.0. The molecule has 0 radical (unpaired) electrons. The molecule has 0 bridgehead atoms. The van der Waals surface area contributed by atoms with Crippen LogP contribution in [0.1, 0.15) is 24.1 Å². The van der Waals surface area contributed by atoms with Crippen LogP contribution in [0.15, 0.2) is 54.7 Å². The summed E-state index contributed by atoms with van der Waals surface area (Å²) in [5, 5.41) is 4.00. The molecule has 136 valence electrons. The van der Waals surface area contributed by atoms with Gasteiger partial charge in [0.25, 0.3) is 0 Å². The second kappa shape index (κ2) is 7.56. The summed E-state index contributed by atoms with van der Waals surface area (Å²) in [7, 11) is 1.95. The van der Waals surface area contributed by atoms with Gasteiger partial charge >= 0.3 is 6.61 Å². The smallest absolute Gasteiger partial charge is 0.387 e. The van der Waals surface area contributed by atoms with Crippen LogP contribution in [0.2, 0.25) is 0 Å². The van der Waals surface area contributed by atoms with Gasteiger partial charge in [0.15, 0.2) is 0 Å². The maximum atomic E-state index is 12.4. The van der Waals surface area contributed by atoms with Crippen molar-refractivity contribution in [3.8, 4) is 5.75 Å². The first-order valence-electron chi connectivity index (χ1n) is 8.31. The molecule has 4 nitrogen and oxygen atoms in total. The van der Waals surface area contributed by atoms with E-state index in [1.165, 1.54) is 12.1 Å². The monoisotopic (exact) mass is 358 g/mol. The summed E-state index contributed by atoms with van der Waals surface area (Å²) in [4.78, 5) is 12.4. The summed E-state index contributed by atoms with van der Waals surface area (Å²) < 4.78 is 30.7. The molecular formula is C20H20F2N2O2. The lowest BCUT2D eigenvalue weighted by Crippen LogP contribution is -2.28. The van der Waals surface area contributed by atoms with E-state index in [0.29, 0.717) is 0 Å². The maximum absolute atomic E-state index is 12.4. The molecule has 1 N–H and O–H groups in total. The lowest BCUT2D eigenvalue weighted by atomic mass is 10.1. The third-order valence-electron chi connectivity index (χ3n) is 4.31. The predicted molar refractivity (Wildman–Crippen MR) is 96.3 cm³/mol. The van der Waals surface area contributed by atoms with Crippen LogP contribution < -0.4 is 10.1 Å². The van der Waals surface area contributed by atoms with Crippen LogP contribution in [-0.2, 0) is 18.3 Å². The lowest BCUT2D eigenvalue weighted by molar-refractivity contribution is -0.121. The fraction of sp³-hybridized carbons (Fsp3) is 0.250. The third-order valence-corrected chi connectivity index (χ3v) is 4.31. The van der Waals surface area contributed by atoms with Crippen LogP contribution in [-0.4, -0.2) is 17.1 Å². The van der Waals surface area contributed by atoms with Gasteiger partial charge in [0.2, 0.25) is 5.91 Å². The van der Waals surface area contributed by atoms with Crippen molar-refractivity contribution in [3.63, 3.8) is 0 Å². The predicted octanol–water partition coefficient (Wildman–Crippen LogP) is 4.20. The summed E-state index contributed by atoms with van der Waals surface area (Å²) >= 11 is 0. The number of aromatic nitrogens is 1. The molecule has 0 aliphatic heterocycles. The minimum Gasteiger partial charge on any atom is -0.435 e. The van der Waals surface area contributed by atoms with Crippen LogP contribution in [0.4, 0.5) is 8.78 Å². The van der Waals surface area contributed by atoms with Crippen molar-refractivity contribution in [1.82, 2.24) is 9.88 Å². The van der Waals surface area contributed by atoms with Gasteiger partial charge in [-0.15, -0.1) is 0 Å². The van der Waals surface area contributed by atoms with E-state index in [4.69, 9.17) is 0 Å². The number of alkyl halides is 2. The first-order chi connectivity index (χ1) is 12.4. The Labute approximate surface area is 150 Å². The Morgan fingerprint density at radius 1 is 1.15 bits per heavy atom. The Kier molecular flexibility index (Phi) is 5.21. The van der Waals surface area contributed by atoms with Gasteiger partial charge in [0.1, 0.15) is 5.75 Å². The van der Waals surface area contributed by atoms with E-state index in [1.807, 2.05) is 49.0 Å². The average molecular weight is 358 g/mol. The maximum Gasteiger partial charge on any atom is 0.387 e. The summed E-state index contributed by atoms with van der Waals surface area (Å²) in [6.45, 7) is -0.997. The van der Waals surface area contributed by atoms with E-state index in [-0.39, 0.29) is 24.1 Å². The molecule has 2 aromatic carbocycles. The van der Waals surface area contributed by atoms with Crippen LogP contribution in [0.25, 0.3) is 10.9 Å². The molecule has 3 aromatic rings. The van der Waals surface area contributed by atoms with E-state index < -0.39 is 6.61 Å². The van der Waals surface area contributed by atoms with E-state index in [1.54, 1.807) is 12.1 Å². The minimum atomic E-state index is -2.85. The Bertz CT molecular complexity index is 904. The molecule has 0 spiro atoms. The quantitative estimate of drug-likeness (QED) is 0.718. The number of rotatable bonds is 6. The molecule has 1 heterocycles. The van der Waals surface area contributed by atoms with Gasteiger partial charge in [-0.05, 0) is 36.2 Å². The number of fused-ring (bicyclic) bond motifs is 1. The number of nitrogens with one attached hydrogen (secondary N) is 1. The number of para-hydroxylation sites is 1. The molecule has 3 rings (SSSR count). The normalized spacial score (nSPS) is 12.3. The van der Waals surface area contributed by atoms with Crippen LogP contribution in [0.3, 0.4) is 0 Å². The number of aryl methyl sites for hydroxylation is 1. The molecule has 0 aliphatic rings. The Morgan fingerprint density at radius 2 is 1.85 bits per heavy atom. The van der Waals surface area contributed by atoms with Crippen molar-refractivity contribution >= 4 is 16.8 Å². The highest BCUT2D eigenvalue weighted by molar-refractivity contribution is 5.89. The number of halogens is 2. The zero-order valence-electron chi connectivity index (χ0n) is 14.6. The van der Waals surface area contributed by atoms with E-state index >= 15 is 0 Å². The molecule has 0 saturated carbocycles. The van der Waals surface area contributed by atoms with Gasteiger partial charge < -0.3 is 14.6 Å². The first-order valence-corrected chi connectivity index (χ1v) is 8.31. The van der Waals surface area contributed by atoms with Gasteiger partial charge in [0, 0.05) is 24.1 Å². The fourth-order valence-corrected chi connectivity index (χ4v) is 3.05. The van der Waals surface area contributed by atoms with Gasteiger partial charge in [-0.2, -0.15) is 8.78 Å². The summed E-state index contributed by atoms with van der Waals surface area (Å²) in [6.07, 6.45) is 2.24. The van der Waals surface area contributed by atoms with E-state index in [9.17, 15) is 13.6 Å². The molecular weight excluding hydrogens is 338 g/mol. The van der Waals surface area contributed by atoms with Crippen molar-refractivity contribution in [3.05, 3.63) is 65.9 Å². The SMILES string of the molecule is C[C@H](NC(=O)Cc1cn(C)c2ccccc12)c1ccc(OC(F)F)cc1. The highest BCUT2D eigenvalue weighted by Gasteiger charge is 2.14. The highest BCUT2D eigenvalue weighted by atomic mass is 19.3. The number of carbonyl (C=O) groups excluding carboxylic acids is 1. The third kappa shape index (κ3) is 4.02. The number of ether oxygens (including phenoxy) is 1. The van der Waals surface area contributed by atoms with Gasteiger partial charge in [-0.1, -0.05) is 30.3 Å². The molecule has 0 aliphatic carbocycles. The van der Waals surface area contributed by atoms with Gasteiger partial charge in [-0.25, -0.2) is 0 Å². The van der Waals surface area contributed by atoms with Gasteiger partial charge in [-0.3, -0.25) is 4.79 Å². The average Bonchev–Trinajstić information content (AvgIpc) is 2.91. The van der Waals surface area contributed by atoms with Crippen molar-refractivity contribution in [2.24, 2.45) is 7.05 Å². The number of hydrogen-bond donors (Lipinski definition) is 1. The first kappa shape index (κ1) is 17.9. The highest BCUT2D eigenvalue weighted by Crippen LogP contribution is 2.22. The lowest BCUT2D eigenvalue weighted by Gasteiger charge is -2.15. The number of amides is 1. The second-order valence-electron chi connectivity index (χ2n) is 6.20. The van der Waals surface area contributed by atoms with Crippen LogP contribution >= 0.6 is 0 Å². The Morgan fingerprint density at radius 3 is 2.54 bits per heavy atom. The zero-order chi connectivity index (χ0) is 18.7. The molecule has 26 heavy (non-hydrogen) atoms. The topological polar surface area (TPSA) is 43.3 Å². The second-order valence-corrected chi connectivity index (χ2v) is 6.20. The zero-order valence-corrected chi connectivity index (χ0v) is 14.6. The van der Waals surface area contributed by atoms with Crippen LogP contribution in [0.5, 0.6) is 5.75 Å². The minimum absolute atomic E-state index is 0.0954. The van der Waals surface area contributed by atoms with Crippen molar-refractivity contribution in [2.45, 2.75) is 26.0 Å². The fourth-order valence-electron chi connectivity index (χ4n) is 3.05. The number of carbonyl (C=O) groups is 1. The molecule has 1 atom stereocenters. The number of benzene rings is 2. The summed E-state index contributed by atoms with van der Waals surface area (Å²) in [5.41, 5.74) is 2.87. The number of hydrogen-bond acceptors (Lipinski definition) is 2. The standard InChI is InChI=1S/C20H20F2N2O2/c1-13(14-7-9-16(10-8-14)26-20(21)22)23-19(25)11-15-12-24(2)18-6-4-3-5-17(15)18/h3-10,12-13,20H,11H2,1-2H3,(H,23,25)/t13-/m0/s1. The van der Waals surface area contributed by atoms with E-state index in [2.05, 4.69) is 10.1 Å². The van der Waals surface area contributed by atoms with Crippen molar-refractivity contribution in [2.75, 3.05) is 0 Å². The van der Waals surface area contributed by atoms with Crippen LogP contribution in [0, 0.1) is 0 Å². The molecule has 0 unspecified atom stereocenters.